The number of H-pyrrole nitrogens is 1. The lowest BCUT2D eigenvalue weighted by Crippen LogP contribution is -2.25. The Morgan fingerprint density at radius 3 is 2.50 bits per heavy atom. The van der Waals surface area contributed by atoms with Gasteiger partial charge in [0.25, 0.3) is 5.56 Å². The van der Waals surface area contributed by atoms with Gasteiger partial charge in [-0.3, -0.25) is 9.59 Å². The molecule has 9 heteroatoms. The summed E-state index contributed by atoms with van der Waals surface area (Å²) in [6.45, 7) is 1.84. The Labute approximate surface area is 157 Å². The molecule has 7 nitrogen and oxygen atoms in total. The van der Waals surface area contributed by atoms with Crippen LogP contribution in [0.3, 0.4) is 0 Å². The molecule has 2 aromatic heterocycles. The van der Waals surface area contributed by atoms with Gasteiger partial charge in [0.1, 0.15) is 5.82 Å². The van der Waals surface area contributed by atoms with Crippen molar-refractivity contribution in [2.45, 2.75) is 19.3 Å². The number of nitrogens with zero attached hydrogens (tertiary/aromatic N) is 3. The van der Waals surface area contributed by atoms with Crippen LogP contribution in [0.4, 0.5) is 5.82 Å². The maximum atomic E-state index is 12.4. The van der Waals surface area contributed by atoms with Gasteiger partial charge in [0.2, 0.25) is 5.91 Å². The number of rotatable bonds is 2. The van der Waals surface area contributed by atoms with Crippen molar-refractivity contribution in [3.63, 3.8) is 0 Å². The fraction of sp³-hybridized carbons (Fsp3) is 0.176. The minimum absolute atomic E-state index is 0.177. The summed E-state index contributed by atoms with van der Waals surface area (Å²) in [5.41, 5.74) is 1.92. The number of halogens is 2. The number of nitrogens with one attached hydrogen (secondary N) is 2. The van der Waals surface area contributed by atoms with Gasteiger partial charge in [0.05, 0.1) is 5.69 Å². The smallest absolute Gasteiger partial charge is 0.264 e. The molecule has 132 valence electrons. The van der Waals surface area contributed by atoms with E-state index in [1.54, 1.807) is 18.2 Å². The SMILES string of the molecule is Cc1nn(-c2ccc(=O)[nH]n2)c2c1[C@@H](c1c(Cl)cccc1Cl)CC(=O)N2. The average molecular weight is 390 g/mol. The van der Waals surface area contributed by atoms with Crippen molar-refractivity contribution >= 4 is 34.9 Å². The molecule has 2 N–H and O–H groups in total. The molecular weight excluding hydrogens is 377 g/mol. The number of anilines is 1. The van der Waals surface area contributed by atoms with Crippen molar-refractivity contribution in [3.05, 3.63) is 67.6 Å². The highest BCUT2D eigenvalue weighted by atomic mass is 35.5. The Kier molecular flexibility index (Phi) is 4.05. The summed E-state index contributed by atoms with van der Waals surface area (Å²) in [4.78, 5) is 23.6. The van der Waals surface area contributed by atoms with E-state index < -0.39 is 0 Å². The number of aromatic nitrogens is 4. The van der Waals surface area contributed by atoms with E-state index >= 15 is 0 Å². The van der Waals surface area contributed by atoms with Crippen molar-refractivity contribution < 1.29 is 4.79 Å². The molecule has 4 rings (SSSR count). The highest BCUT2D eigenvalue weighted by Gasteiger charge is 2.34. The molecule has 0 aliphatic carbocycles. The number of amides is 1. The second-order valence-corrected chi connectivity index (χ2v) is 6.79. The van der Waals surface area contributed by atoms with Gasteiger partial charge >= 0.3 is 0 Å². The number of aryl methyl sites for hydroxylation is 1. The predicted octanol–water partition coefficient (Wildman–Crippen LogP) is 3.04. The minimum atomic E-state index is -0.323. The number of hydrogen-bond acceptors (Lipinski definition) is 4. The predicted molar refractivity (Wildman–Crippen MR) is 98.3 cm³/mol. The van der Waals surface area contributed by atoms with Crippen LogP contribution in [0.25, 0.3) is 5.82 Å². The normalized spacial score (nSPS) is 16.3. The Bertz CT molecular complexity index is 1050. The lowest BCUT2D eigenvalue weighted by molar-refractivity contribution is -0.116. The van der Waals surface area contributed by atoms with Gasteiger partial charge in [0.15, 0.2) is 5.82 Å². The van der Waals surface area contributed by atoms with Crippen molar-refractivity contribution in [1.82, 2.24) is 20.0 Å². The summed E-state index contributed by atoms with van der Waals surface area (Å²) in [6.07, 6.45) is 0.210. The summed E-state index contributed by atoms with van der Waals surface area (Å²) in [6, 6.07) is 8.14. The minimum Gasteiger partial charge on any atom is -0.310 e. The van der Waals surface area contributed by atoms with E-state index in [1.807, 2.05) is 6.92 Å². The van der Waals surface area contributed by atoms with Crippen molar-refractivity contribution in [2.75, 3.05) is 5.32 Å². The van der Waals surface area contributed by atoms with Gasteiger partial charge in [-0.1, -0.05) is 29.3 Å². The first kappa shape index (κ1) is 16.8. The van der Waals surface area contributed by atoms with Gasteiger partial charge in [0, 0.05) is 34.0 Å². The van der Waals surface area contributed by atoms with E-state index in [-0.39, 0.29) is 23.8 Å². The van der Waals surface area contributed by atoms with Crippen LogP contribution in [-0.4, -0.2) is 25.9 Å². The molecule has 1 aromatic carbocycles. The third-order valence-corrected chi connectivity index (χ3v) is 4.99. The van der Waals surface area contributed by atoms with Gasteiger partial charge in [-0.05, 0) is 30.7 Å². The van der Waals surface area contributed by atoms with Crippen LogP contribution in [0, 0.1) is 6.92 Å². The standard InChI is InChI=1S/C17H13Cl2N5O2/c1-8-15-9(16-10(18)3-2-4-11(16)19)7-14(26)20-17(15)24(23-8)12-5-6-13(25)22-21-12/h2-6,9H,7H2,1H3,(H,20,26)(H,22,25)/t9-/m0/s1. The highest BCUT2D eigenvalue weighted by molar-refractivity contribution is 6.36. The molecule has 26 heavy (non-hydrogen) atoms. The second-order valence-electron chi connectivity index (χ2n) is 5.98. The molecule has 0 bridgehead atoms. The molecule has 0 spiro atoms. The van der Waals surface area contributed by atoms with E-state index in [1.165, 1.54) is 16.8 Å². The van der Waals surface area contributed by atoms with Gasteiger partial charge in [-0.2, -0.15) is 14.9 Å². The van der Waals surface area contributed by atoms with Crippen LogP contribution in [0.5, 0.6) is 0 Å². The summed E-state index contributed by atoms with van der Waals surface area (Å²) in [7, 11) is 0. The van der Waals surface area contributed by atoms with Gasteiger partial charge in [-0.15, -0.1) is 0 Å². The molecule has 0 saturated carbocycles. The van der Waals surface area contributed by atoms with Crippen LogP contribution >= 0.6 is 23.2 Å². The van der Waals surface area contributed by atoms with Gasteiger partial charge in [-0.25, -0.2) is 5.10 Å². The van der Waals surface area contributed by atoms with E-state index in [9.17, 15) is 9.59 Å². The summed E-state index contributed by atoms with van der Waals surface area (Å²) >= 11 is 12.8. The Balaban J connectivity index is 1.93. The van der Waals surface area contributed by atoms with E-state index in [2.05, 4.69) is 20.6 Å². The maximum Gasteiger partial charge on any atom is 0.264 e. The Morgan fingerprint density at radius 2 is 1.85 bits per heavy atom. The Hall–Kier alpha value is -2.64. The highest BCUT2D eigenvalue weighted by Crippen LogP contribution is 2.44. The molecule has 1 aliphatic heterocycles. The van der Waals surface area contributed by atoms with E-state index in [0.717, 1.165) is 5.56 Å². The first-order valence-corrected chi connectivity index (χ1v) is 8.60. The quantitative estimate of drug-likeness (QED) is 0.704. The zero-order chi connectivity index (χ0) is 18.4. The van der Waals surface area contributed by atoms with Crippen LogP contribution in [0.2, 0.25) is 10.0 Å². The summed E-state index contributed by atoms with van der Waals surface area (Å²) < 4.78 is 1.50. The second kappa shape index (κ2) is 6.26. The van der Waals surface area contributed by atoms with E-state index in [4.69, 9.17) is 23.2 Å². The molecule has 0 saturated heterocycles. The summed E-state index contributed by atoms with van der Waals surface area (Å²) in [5, 5.41) is 14.7. The number of aromatic amines is 1. The molecule has 1 aliphatic rings. The molecule has 0 fully saturated rings. The van der Waals surface area contributed by atoms with Crippen LogP contribution in [0.15, 0.2) is 35.1 Å². The van der Waals surface area contributed by atoms with Crippen molar-refractivity contribution in [1.29, 1.82) is 0 Å². The molecule has 3 aromatic rings. The lowest BCUT2D eigenvalue weighted by atomic mass is 9.85. The number of carbonyl (C=O) groups is 1. The Morgan fingerprint density at radius 1 is 1.12 bits per heavy atom. The monoisotopic (exact) mass is 389 g/mol. The third-order valence-electron chi connectivity index (χ3n) is 4.33. The van der Waals surface area contributed by atoms with Gasteiger partial charge < -0.3 is 5.32 Å². The summed E-state index contributed by atoms with van der Waals surface area (Å²) in [5.74, 6) is 0.389. The fourth-order valence-electron chi connectivity index (χ4n) is 3.26. The third kappa shape index (κ3) is 2.69. The van der Waals surface area contributed by atoms with Crippen molar-refractivity contribution in [3.8, 4) is 5.82 Å². The number of carbonyl (C=O) groups excluding carboxylic acids is 1. The topological polar surface area (TPSA) is 92.7 Å². The van der Waals surface area contributed by atoms with E-state index in [0.29, 0.717) is 32.9 Å². The molecule has 3 heterocycles. The molecule has 1 atom stereocenters. The number of fused-ring (bicyclic) bond motifs is 1. The largest absolute Gasteiger partial charge is 0.310 e. The number of benzene rings is 1. The fourth-order valence-corrected chi connectivity index (χ4v) is 3.92. The molecular formula is C17H13Cl2N5O2. The maximum absolute atomic E-state index is 12.4. The average Bonchev–Trinajstić information content (AvgIpc) is 2.92. The van der Waals surface area contributed by atoms with Crippen LogP contribution < -0.4 is 10.9 Å². The van der Waals surface area contributed by atoms with Crippen LogP contribution in [-0.2, 0) is 4.79 Å². The first-order valence-electron chi connectivity index (χ1n) is 7.85. The first-order chi connectivity index (χ1) is 12.5. The molecule has 0 radical (unpaired) electrons. The lowest BCUT2D eigenvalue weighted by Gasteiger charge is -2.25. The van der Waals surface area contributed by atoms with Crippen LogP contribution in [0.1, 0.15) is 29.2 Å². The molecule has 1 amide bonds. The number of hydrogen-bond donors (Lipinski definition) is 2. The zero-order valence-electron chi connectivity index (χ0n) is 13.6. The van der Waals surface area contributed by atoms with Crippen molar-refractivity contribution in [2.24, 2.45) is 0 Å². The zero-order valence-corrected chi connectivity index (χ0v) is 15.1. The molecule has 0 unspecified atom stereocenters.